The van der Waals surface area contributed by atoms with Crippen molar-refractivity contribution in [3.63, 3.8) is 0 Å². The number of likely N-dealkylation sites (tertiary alicyclic amines) is 1. The van der Waals surface area contributed by atoms with Gasteiger partial charge in [-0.3, -0.25) is 4.79 Å². The smallest absolute Gasteiger partial charge is 0.223 e. The fourth-order valence-electron chi connectivity index (χ4n) is 1.91. The monoisotopic (exact) mass is 228 g/mol. The SMILES string of the molecule is C[C@@H](O)[C@@H](CO)N1CC(CN=[N+]=[N-])CC1=O. The van der Waals surface area contributed by atoms with Gasteiger partial charge in [0, 0.05) is 24.4 Å². The van der Waals surface area contributed by atoms with E-state index < -0.39 is 12.1 Å². The Hall–Kier alpha value is -1.30. The molecular weight excluding hydrogens is 212 g/mol. The summed E-state index contributed by atoms with van der Waals surface area (Å²) < 4.78 is 0. The third-order valence-electron chi connectivity index (χ3n) is 2.79. The Kier molecular flexibility index (Phi) is 4.54. The molecule has 1 aliphatic rings. The van der Waals surface area contributed by atoms with Crippen LogP contribution in [0.4, 0.5) is 0 Å². The van der Waals surface area contributed by atoms with Gasteiger partial charge in [0.25, 0.3) is 0 Å². The van der Waals surface area contributed by atoms with Crippen LogP contribution in [0.2, 0.25) is 0 Å². The van der Waals surface area contributed by atoms with Crippen molar-refractivity contribution in [2.45, 2.75) is 25.5 Å². The van der Waals surface area contributed by atoms with Crippen LogP contribution in [0.3, 0.4) is 0 Å². The molecule has 1 amide bonds. The van der Waals surface area contributed by atoms with Gasteiger partial charge in [0.2, 0.25) is 5.91 Å². The number of aliphatic hydroxyl groups excluding tert-OH is 2. The Morgan fingerprint density at radius 3 is 2.94 bits per heavy atom. The van der Waals surface area contributed by atoms with Crippen LogP contribution in [0.25, 0.3) is 10.4 Å². The molecule has 0 aliphatic carbocycles. The van der Waals surface area contributed by atoms with Gasteiger partial charge in [0.15, 0.2) is 0 Å². The molecule has 1 unspecified atom stereocenters. The van der Waals surface area contributed by atoms with Gasteiger partial charge in [-0.2, -0.15) is 0 Å². The molecule has 0 aromatic carbocycles. The van der Waals surface area contributed by atoms with Gasteiger partial charge in [0.05, 0.1) is 18.8 Å². The van der Waals surface area contributed by atoms with Crippen molar-refractivity contribution in [3.05, 3.63) is 10.4 Å². The van der Waals surface area contributed by atoms with E-state index in [1.165, 1.54) is 11.8 Å². The number of aliphatic hydroxyl groups is 2. The van der Waals surface area contributed by atoms with Gasteiger partial charge in [-0.1, -0.05) is 5.11 Å². The quantitative estimate of drug-likeness (QED) is 0.389. The molecule has 2 N–H and O–H groups in total. The van der Waals surface area contributed by atoms with E-state index in [1.54, 1.807) is 0 Å². The third-order valence-corrected chi connectivity index (χ3v) is 2.79. The summed E-state index contributed by atoms with van der Waals surface area (Å²) in [6.07, 6.45) is -0.463. The number of amides is 1. The van der Waals surface area contributed by atoms with Crippen molar-refractivity contribution >= 4 is 5.91 Å². The first-order chi connectivity index (χ1) is 7.60. The Morgan fingerprint density at radius 1 is 1.75 bits per heavy atom. The molecule has 3 atom stereocenters. The summed E-state index contributed by atoms with van der Waals surface area (Å²) in [6, 6.07) is -0.566. The Morgan fingerprint density at radius 2 is 2.44 bits per heavy atom. The zero-order chi connectivity index (χ0) is 12.1. The van der Waals surface area contributed by atoms with Crippen LogP contribution in [0.15, 0.2) is 5.11 Å². The zero-order valence-electron chi connectivity index (χ0n) is 9.15. The van der Waals surface area contributed by atoms with Gasteiger partial charge < -0.3 is 15.1 Å². The van der Waals surface area contributed by atoms with Gasteiger partial charge >= 0.3 is 0 Å². The lowest BCUT2D eigenvalue weighted by molar-refractivity contribution is -0.132. The van der Waals surface area contributed by atoms with Gasteiger partial charge in [-0.15, -0.1) is 0 Å². The highest BCUT2D eigenvalue weighted by Gasteiger charge is 2.35. The largest absolute Gasteiger partial charge is 0.394 e. The molecule has 0 bridgehead atoms. The van der Waals surface area contributed by atoms with E-state index in [9.17, 15) is 9.90 Å². The molecule has 0 radical (unpaired) electrons. The van der Waals surface area contributed by atoms with E-state index in [0.29, 0.717) is 13.0 Å². The van der Waals surface area contributed by atoms with E-state index in [-0.39, 0.29) is 25.0 Å². The molecule has 0 spiro atoms. The fourth-order valence-corrected chi connectivity index (χ4v) is 1.91. The van der Waals surface area contributed by atoms with Crippen LogP contribution in [0.1, 0.15) is 13.3 Å². The number of nitrogens with zero attached hydrogens (tertiary/aromatic N) is 4. The molecule has 1 aliphatic heterocycles. The minimum Gasteiger partial charge on any atom is -0.394 e. The molecule has 16 heavy (non-hydrogen) atoms. The number of rotatable bonds is 5. The first-order valence-corrected chi connectivity index (χ1v) is 5.19. The summed E-state index contributed by atoms with van der Waals surface area (Å²) in [7, 11) is 0. The van der Waals surface area contributed by atoms with Crippen molar-refractivity contribution in [2.24, 2.45) is 11.0 Å². The second-order valence-corrected chi connectivity index (χ2v) is 4.02. The maximum atomic E-state index is 11.6. The molecule has 1 rings (SSSR count). The minimum atomic E-state index is -0.771. The van der Waals surface area contributed by atoms with Crippen molar-refractivity contribution < 1.29 is 15.0 Å². The van der Waals surface area contributed by atoms with Gasteiger partial charge in [-0.05, 0) is 18.4 Å². The van der Waals surface area contributed by atoms with Crippen molar-refractivity contribution in [1.82, 2.24) is 4.90 Å². The lowest BCUT2D eigenvalue weighted by atomic mass is 10.1. The maximum absolute atomic E-state index is 11.6. The molecule has 0 aromatic rings. The number of hydrogen-bond donors (Lipinski definition) is 2. The van der Waals surface area contributed by atoms with Crippen LogP contribution in [-0.4, -0.2) is 52.9 Å². The van der Waals surface area contributed by atoms with E-state index >= 15 is 0 Å². The van der Waals surface area contributed by atoms with Crippen LogP contribution < -0.4 is 0 Å². The second kappa shape index (κ2) is 5.69. The second-order valence-electron chi connectivity index (χ2n) is 4.02. The summed E-state index contributed by atoms with van der Waals surface area (Å²) >= 11 is 0. The van der Waals surface area contributed by atoms with Crippen LogP contribution in [0.5, 0.6) is 0 Å². The predicted molar refractivity (Wildman–Crippen MR) is 56.4 cm³/mol. The molecule has 0 aromatic heterocycles. The highest BCUT2D eigenvalue weighted by molar-refractivity contribution is 5.79. The molecule has 7 nitrogen and oxygen atoms in total. The summed E-state index contributed by atoms with van der Waals surface area (Å²) in [5, 5.41) is 21.9. The molecule has 0 saturated carbocycles. The van der Waals surface area contributed by atoms with Crippen LogP contribution in [0, 0.1) is 5.92 Å². The highest BCUT2D eigenvalue weighted by atomic mass is 16.3. The van der Waals surface area contributed by atoms with Gasteiger partial charge in [-0.25, -0.2) is 0 Å². The van der Waals surface area contributed by atoms with Gasteiger partial charge in [0.1, 0.15) is 0 Å². The Balaban J connectivity index is 2.62. The number of carbonyl (C=O) groups is 1. The average molecular weight is 228 g/mol. The zero-order valence-corrected chi connectivity index (χ0v) is 9.15. The van der Waals surface area contributed by atoms with Crippen LogP contribution in [-0.2, 0) is 4.79 Å². The standard InChI is InChI=1S/C9H16N4O3/c1-6(15)8(5-14)13-4-7(2-9(13)16)3-11-12-10/h6-8,14-15H,2-5H2,1H3/t6-,7?,8-/m1/s1. The summed E-state index contributed by atoms with van der Waals surface area (Å²) in [6.45, 7) is 1.97. The normalized spacial score (nSPS) is 24.1. The van der Waals surface area contributed by atoms with Crippen molar-refractivity contribution in [2.75, 3.05) is 19.7 Å². The van der Waals surface area contributed by atoms with E-state index in [1.807, 2.05) is 0 Å². The summed E-state index contributed by atoms with van der Waals surface area (Å²) in [5.74, 6) is -0.130. The maximum Gasteiger partial charge on any atom is 0.223 e. The number of carbonyl (C=O) groups excluding carboxylic acids is 1. The molecule has 1 heterocycles. The van der Waals surface area contributed by atoms with Crippen molar-refractivity contribution in [3.8, 4) is 0 Å². The molecule has 7 heteroatoms. The van der Waals surface area contributed by atoms with E-state index in [0.717, 1.165) is 0 Å². The Bertz CT molecular complexity index is 301. The molecular formula is C9H16N4O3. The minimum absolute atomic E-state index is 0.0174. The lowest BCUT2D eigenvalue weighted by Gasteiger charge is -2.28. The number of hydrogen-bond acceptors (Lipinski definition) is 4. The van der Waals surface area contributed by atoms with E-state index in [4.69, 9.17) is 10.6 Å². The summed E-state index contributed by atoms with van der Waals surface area (Å²) in [5.41, 5.74) is 8.18. The topological polar surface area (TPSA) is 110 Å². The molecule has 1 fully saturated rings. The first kappa shape index (κ1) is 12.8. The predicted octanol–water partition coefficient (Wildman–Crippen LogP) is -0.113. The van der Waals surface area contributed by atoms with Crippen molar-refractivity contribution in [1.29, 1.82) is 0 Å². The highest BCUT2D eigenvalue weighted by Crippen LogP contribution is 2.21. The fraction of sp³-hybridized carbons (Fsp3) is 0.889. The third kappa shape index (κ3) is 2.85. The lowest BCUT2D eigenvalue weighted by Crippen LogP contribution is -2.46. The number of azide groups is 1. The summed E-state index contributed by atoms with van der Waals surface area (Å²) in [4.78, 5) is 15.7. The van der Waals surface area contributed by atoms with E-state index in [2.05, 4.69) is 10.0 Å². The van der Waals surface area contributed by atoms with Crippen LogP contribution >= 0.6 is 0 Å². The average Bonchev–Trinajstić information content (AvgIpc) is 2.58. The first-order valence-electron chi connectivity index (χ1n) is 5.19. The molecule has 90 valence electrons. The molecule has 1 saturated heterocycles. The Labute approximate surface area is 93.3 Å².